The Balaban J connectivity index is 2.14. The second kappa shape index (κ2) is 5.75. The van der Waals surface area contributed by atoms with E-state index in [4.69, 9.17) is 5.14 Å². The highest BCUT2D eigenvalue weighted by atomic mass is 32.2. The van der Waals surface area contributed by atoms with E-state index < -0.39 is 15.8 Å². The van der Waals surface area contributed by atoms with Gasteiger partial charge in [0.25, 0.3) is 0 Å². The van der Waals surface area contributed by atoms with E-state index in [1.54, 1.807) is 11.3 Å². The fourth-order valence-electron chi connectivity index (χ4n) is 1.88. The molecule has 0 aliphatic heterocycles. The minimum absolute atomic E-state index is 0.154. The molecule has 0 saturated carbocycles. The number of sulfonamides is 1. The molecule has 3 N–H and O–H groups in total. The van der Waals surface area contributed by atoms with Gasteiger partial charge >= 0.3 is 0 Å². The summed E-state index contributed by atoms with van der Waals surface area (Å²) in [5.41, 5.74) is 0.103. The zero-order valence-corrected chi connectivity index (χ0v) is 13.4. The third-order valence-corrected chi connectivity index (χ3v) is 5.32. The molecular weight excluding hydrogens is 311 g/mol. The Morgan fingerprint density at radius 2 is 2.05 bits per heavy atom. The van der Waals surface area contributed by atoms with E-state index in [9.17, 15) is 12.8 Å². The number of anilines is 1. The van der Waals surface area contributed by atoms with Crippen LogP contribution in [-0.2, 0) is 15.4 Å². The van der Waals surface area contributed by atoms with Crippen molar-refractivity contribution < 1.29 is 12.8 Å². The largest absolute Gasteiger partial charge is 0.382 e. The van der Waals surface area contributed by atoms with Gasteiger partial charge in [0.1, 0.15) is 5.82 Å². The van der Waals surface area contributed by atoms with Crippen molar-refractivity contribution in [1.82, 2.24) is 0 Å². The highest BCUT2D eigenvalue weighted by Gasteiger charge is 2.22. The lowest BCUT2D eigenvalue weighted by Crippen LogP contribution is -2.27. The van der Waals surface area contributed by atoms with Crippen molar-refractivity contribution >= 4 is 27.0 Å². The molecule has 2 aromatic rings. The molecule has 1 heterocycles. The first-order chi connectivity index (χ1) is 9.70. The van der Waals surface area contributed by atoms with Gasteiger partial charge in [-0.15, -0.1) is 11.3 Å². The summed E-state index contributed by atoms with van der Waals surface area (Å²) >= 11 is 1.65. The number of benzene rings is 1. The van der Waals surface area contributed by atoms with Gasteiger partial charge in [0.15, 0.2) is 0 Å². The quantitative estimate of drug-likeness (QED) is 0.886. The van der Waals surface area contributed by atoms with Gasteiger partial charge < -0.3 is 5.32 Å². The minimum Gasteiger partial charge on any atom is -0.382 e. The Labute approximate surface area is 127 Å². The Morgan fingerprint density at radius 3 is 2.57 bits per heavy atom. The average Bonchev–Trinajstić information content (AvgIpc) is 2.90. The van der Waals surface area contributed by atoms with Crippen LogP contribution in [0.5, 0.6) is 0 Å². The third-order valence-electron chi connectivity index (χ3n) is 3.18. The second-order valence-electron chi connectivity index (χ2n) is 5.40. The predicted molar refractivity (Wildman–Crippen MR) is 83.6 cm³/mol. The van der Waals surface area contributed by atoms with Crippen molar-refractivity contribution in [3.63, 3.8) is 0 Å². The molecule has 0 saturated heterocycles. The Kier molecular flexibility index (Phi) is 4.36. The number of nitrogens with two attached hydrogens (primary N) is 1. The Hall–Kier alpha value is -1.44. The van der Waals surface area contributed by atoms with E-state index in [0.29, 0.717) is 6.54 Å². The van der Waals surface area contributed by atoms with Crippen molar-refractivity contribution in [3.05, 3.63) is 46.4 Å². The van der Waals surface area contributed by atoms with Gasteiger partial charge in [-0.1, -0.05) is 19.9 Å². The molecule has 0 aliphatic rings. The van der Waals surface area contributed by atoms with E-state index >= 15 is 0 Å². The molecule has 4 nitrogen and oxygen atoms in total. The highest BCUT2D eigenvalue weighted by molar-refractivity contribution is 7.89. The molecule has 21 heavy (non-hydrogen) atoms. The summed E-state index contributed by atoms with van der Waals surface area (Å²) in [4.78, 5) is 0.958. The fraction of sp³-hybridized carbons (Fsp3) is 0.286. The molecule has 0 fully saturated rings. The number of thiophene rings is 1. The zero-order valence-electron chi connectivity index (χ0n) is 11.8. The first kappa shape index (κ1) is 15.9. The van der Waals surface area contributed by atoms with Gasteiger partial charge in [-0.3, -0.25) is 0 Å². The Morgan fingerprint density at radius 1 is 1.33 bits per heavy atom. The Bertz CT molecular complexity index is 725. The van der Waals surface area contributed by atoms with Crippen molar-refractivity contribution in [1.29, 1.82) is 0 Å². The third kappa shape index (κ3) is 3.81. The SMILES string of the molecule is CC(C)(CNc1ccc(S(N)(=O)=O)cc1F)c1cccs1. The van der Waals surface area contributed by atoms with Crippen LogP contribution in [0.25, 0.3) is 0 Å². The van der Waals surface area contributed by atoms with E-state index in [2.05, 4.69) is 19.2 Å². The van der Waals surface area contributed by atoms with Crippen LogP contribution in [0.3, 0.4) is 0 Å². The topological polar surface area (TPSA) is 72.2 Å². The van der Waals surface area contributed by atoms with Crippen LogP contribution < -0.4 is 10.5 Å². The standard InChI is InChI=1S/C14H17FN2O2S2/c1-14(2,13-4-3-7-20-13)9-17-12-6-5-10(8-11(12)15)21(16,18)19/h3-8,17H,9H2,1-2H3,(H2,16,18,19). The summed E-state index contributed by atoms with van der Waals surface area (Å²) in [7, 11) is -3.89. The van der Waals surface area contributed by atoms with Gasteiger partial charge in [-0.2, -0.15) is 0 Å². The summed E-state index contributed by atoms with van der Waals surface area (Å²) in [5.74, 6) is -0.636. The molecule has 0 bridgehead atoms. The van der Waals surface area contributed by atoms with Gasteiger partial charge in [0, 0.05) is 16.8 Å². The van der Waals surface area contributed by atoms with Gasteiger partial charge in [0.05, 0.1) is 10.6 Å². The van der Waals surface area contributed by atoms with Crippen LogP contribution in [0.2, 0.25) is 0 Å². The van der Waals surface area contributed by atoms with Crippen molar-refractivity contribution in [3.8, 4) is 0 Å². The minimum atomic E-state index is -3.89. The van der Waals surface area contributed by atoms with E-state index in [1.165, 1.54) is 17.0 Å². The molecule has 1 aromatic heterocycles. The molecule has 0 atom stereocenters. The van der Waals surface area contributed by atoms with Crippen LogP contribution in [0.1, 0.15) is 18.7 Å². The molecular formula is C14H17FN2O2S2. The van der Waals surface area contributed by atoms with Crippen molar-refractivity contribution in [2.75, 3.05) is 11.9 Å². The maximum Gasteiger partial charge on any atom is 0.238 e. The number of primary sulfonamides is 1. The summed E-state index contributed by atoms with van der Waals surface area (Å²) in [6.07, 6.45) is 0. The molecule has 7 heteroatoms. The molecule has 0 radical (unpaired) electrons. The summed E-state index contributed by atoms with van der Waals surface area (Å²) in [6.45, 7) is 4.64. The smallest absolute Gasteiger partial charge is 0.238 e. The predicted octanol–water partition coefficient (Wildman–Crippen LogP) is 2.92. The van der Waals surface area contributed by atoms with Crippen LogP contribution in [0.15, 0.2) is 40.6 Å². The lowest BCUT2D eigenvalue weighted by Gasteiger charge is -2.24. The van der Waals surface area contributed by atoms with Crippen LogP contribution in [-0.4, -0.2) is 15.0 Å². The molecule has 0 amide bonds. The first-order valence-electron chi connectivity index (χ1n) is 6.30. The van der Waals surface area contributed by atoms with Crippen LogP contribution in [0, 0.1) is 5.82 Å². The molecule has 2 rings (SSSR count). The summed E-state index contributed by atoms with van der Waals surface area (Å²) in [6, 6.07) is 7.62. The van der Waals surface area contributed by atoms with Gasteiger partial charge in [-0.25, -0.2) is 17.9 Å². The number of halogens is 1. The second-order valence-corrected chi connectivity index (χ2v) is 7.91. The van der Waals surface area contributed by atoms with E-state index in [0.717, 1.165) is 6.07 Å². The first-order valence-corrected chi connectivity index (χ1v) is 8.73. The average molecular weight is 328 g/mol. The molecule has 0 spiro atoms. The van der Waals surface area contributed by atoms with E-state index in [1.807, 2.05) is 17.5 Å². The van der Waals surface area contributed by atoms with Crippen LogP contribution in [0.4, 0.5) is 10.1 Å². The van der Waals surface area contributed by atoms with Gasteiger partial charge in [0.2, 0.25) is 10.0 Å². The highest BCUT2D eigenvalue weighted by Crippen LogP contribution is 2.28. The van der Waals surface area contributed by atoms with Crippen LogP contribution >= 0.6 is 11.3 Å². The number of hydrogen-bond donors (Lipinski definition) is 2. The lowest BCUT2D eigenvalue weighted by molar-refractivity contribution is 0.563. The summed E-state index contributed by atoms with van der Waals surface area (Å²) < 4.78 is 36.2. The number of hydrogen-bond acceptors (Lipinski definition) is 4. The zero-order chi connectivity index (χ0) is 15.7. The normalized spacial score (nSPS) is 12.4. The molecule has 114 valence electrons. The lowest BCUT2D eigenvalue weighted by atomic mass is 9.91. The molecule has 1 aromatic carbocycles. The van der Waals surface area contributed by atoms with E-state index in [-0.39, 0.29) is 16.0 Å². The van der Waals surface area contributed by atoms with Crippen molar-refractivity contribution in [2.45, 2.75) is 24.2 Å². The number of rotatable bonds is 5. The fourth-order valence-corrected chi connectivity index (χ4v) is 3.26. The maximum absolute atomic E-state index is 13.9. The number of nitrogens with one attached hydrogen (secondary N) is 1. The van der Waals surface area contributed by atoms with Gasteiger partial charge in [-0.05, 0) is 29.6 Å². The molecule has 0 unspecified atom stereocenters. The monoisotopic (exact) mass is 328 g/mol. The maximum atomic E-state index is 13.9. The molecule has 0 aliphatic carbocycles. The summed E-state index contributed by atoms with van der Waals surface area (Å²) in [5, 5.41) is 9.98. The van der Waals surface area contributed by atoms with Crippen molar-refractivity contribution in [2.24, 2.45) is 5.14 Å².